The number of fused-ring (bicyclic) bond motifs is 1. The van der Waals surface area contributed by atoms with Gasteiger partial charge in [-0.05, 0) is 25.0 Å². The van der Waals surface area contributed by atoms with Gasteiger partial charge in [0.2, 0.25) is 0 Å². The first kappa shape index (κ1) is 12.0. The predicted molar refractivity (Wildman–Crippen MR) is 69.6 cm³/mol. The van der Waals surface area contributed by atoms with Crippen molar-refractivity contribution < 1.29 is 14.6 Å². The van der Waals surface area contributed by atoms with Crippen LogP contribution in [-0.2, 0) is 4.74 Å². The summed E-state index contributed by atoms with van der Waals surface area (Å²) in [6.07, 6.45) is 3.65. The van der Waals surface area contributed by atoms with Gasteiger partial charge in [0.1, 0.15) is 5.65 Å². The molecule has 0 amide bonds. The quantitative estimate of drug-likeness (QED) is 0.878. The molecule has 2 aromatic heterocycles. The van der Waals surface area contributed by atoms with Gasteiger partial charge in [-0.1, -0.05) is 6.07 Å². The summed E-state index contributed by atoms with van der Waals surface area (Å²) < 4.78 is 6.96. The zero-order valence-corrected chi connectivity index (χ0v) is 10.4. The van der Waals surface area contributed by atoms with Crippen molar-refractivity contribution in [3.63, 3.8) is 0 Å². The Morgan fingerprint density at radius 1 is 1.53 bits per heavy atom. The number of aromatic carboxylic acids is 1. The second-order valence-electron chi connectivity index (χ2n) is 4.60. The van der Waals surface area contributed by atoms with Crippen molar-refractivity contribution in [3.05, 3.63) is 30.1 Å². The summed E-state index contributed by atoms with van der Waals surface area (Å²) in [7, 11) is 0. The second-order valence-corrected chi connectivity index (χ2v) is 4.60. The summed E-state index contributed by atoms with van der Waals surface area (Å²) in [6.45, 7) is 1.36. The highest BCUT2D eigenvalue weighted by Crippen LogP contribution is 2.20. The van der Waals surface area contributed by atoms with Crippen molar-refractivity contribution in [1.29, 1.82) is 0 Å². The zero-order valence-electron chi connectivity index (χ0n) is 10.4. The third kappa shape index (κ3) is 2.26. The van der Waals surface area contributed by atoms with Crippen molar-refractivity contribution in [1.82, 2.24) is 9.38 Å². The number of rotatable bonds is 3. The maximum absolute atomic E-state index is 11.4. The Labute approximate surface area is 110 Å². The van der Waals surface area contributed by atoms with E-state index in [1.807, 2.05) is 6.07 Å². The molecule has 0 aliphatic carbocycles. The van der Waals surface area contributed by atoms with Crippen LogP contribution in [0, 0.1) is 0 Å². The van der Waals surface area contributed by atoms with Crippen LogP contribution in [0.4, 0.5) is 5.82 Å². The molecule has 3 rings (SSSR count). The van der Waals surface area contributed by atoms with Crippen molar-refractivity contribution in [2.75, 3.05) is 18.5 Å². The Bertz CT molecular complexity index is 602. The predicted octanol–water partition coefficient (Wildman–Crippen LogP) is 1.62. The zero-order chi connectivity index (χ0) is 13.2. The van der Waals surface area contributed by atoms with Gasteiger partial charge in [0.15, 0.2) is 11.5 Å². The van der Waals surface area contributed by atoms with E-state index in [1.165, 1.54) is 0 Å². The molecule has 1 fully saturated rings. The normalized spacial score (nSPS) is 19.5. The summed E-state index contributed by atoms with van der Waals surface area (Å²) in [5.41, 5.74) is 0.792. The molecule has 0 bridgehead atoms. The van der Waals surface area contributed by atoms with E-state index >= 15 is 0 Å². The molecule has 0 saturated carbocycles. The molecule has 1 atom stereocenters. The van der Waals surface area contributed by atoms with Crippen LogP contribution in [0.2, 0.25) is 0 Å². The molecule has 19 heavy (non-hydrogen) atoms. The topological polar surface area (TPSA) is 75.9 Å². The van der Waals surface area contributed by atoms with Gasteiger partial charge in [-0.2, -0.15) is 0 Å². The number of aromatic nitrogens is 2. The summed E-state index contributed by atoms with van der Waals surface area (Å²) in [6, 6.07) is 5.53. The minimum absolute atomic E-state index is 0.122. The lowest BCUT2D eigenvalue weighted by Gasteiger charge is -2.23. The van der Waals surface area contributed by atoms with E-state index < -0.39 is 5.97 Å². The number of carbonyl (C=O) groups is 1. The van der Waals surface area contributed by atoms with Gasteiger partial charge in [-0.15, -0.1) is 0 Å². The molecule has 3 heterocycles. The van der Waals surface area contributed by atoms with Crippen LogP contribution < -0.4 is 5.32 Å². The van der Waals surface area contributed by atoms with E-state index in [4.69, 9.17) is 4.74 Å². The highest BCUT2D eigenvalue weighted by atomic mass is 16.5. The van der Waals surface area contributed by atoms with E-state index in [9.17, 15) is 9.90 Å². The smallest absolute Gasteiger partial charge is 0.356 e. The molecule has 1 aliphatic rings. The van der Waals surface area contributed by atoms with E-state index in [-0.39, 0.29) is 11.7 Å². The minimum Gasteiger partial charge on any atom is -0.476 e. The monoisotopic (exact) mass is 261 g/mol. The maximum Gasteiger partial charge on any atom is 0.356 e. The number of imidazole rings is 1. The van der Waals surface area contributed by atoms with Crippen LogP contribution >= 0.6 is 0 Å². The van der Waals surface area contributed by atoms with E-state index in [0.717, 1.165) is 19.4 Å². The standard InChI is InChI=1S/C13H15N3O3/c17-13(18)11-12(14-9-4-3-7-19-8-9)15-10-5-1-2-6-16(10)11/h1-2,5-6,9,14H,3-4,7-8H2,(H,17,18). The lowest BCUT2D eigenvalue weighted by molar-refractivity contribution is 0.0689. The van der Waals surface area contributed by atoms with Gasteiger partial charge in [0, 0.05) is 12.8 Å². The van der Waals surface area contributed by atoms with E-state index in [2.05, 4.69) is 10.3 Å². The molecular weight excluding hydrogens is 246 g/mol. The van der Waals surface area contributed by atoms with E-state index in [1.54, 1.807) is 22.7 Å². The molecule has 0 aromatic carbocycles. The minimum atomic E-state index is -0.988. The molecule has 100 valence electrons. The van der Waals surface area contributed by atoms with Gasteiger partial charge < -0.3 is 15.2 Å². The SMILES string of the molecule is O=C(O)c1c(NC2CCCOC2)nc2ccccn12. The molecule has 2 N–H and O–H groups in total. The Morgan fingerprint density at radius 3 is 3.16 bits per heavy atom. The summed E-state index contributed by atoms with van der Waals surface area (Å²) in [4.78, 5) is 15.7. The molecular formula is C13H15N3O3. The number of pyridine rings is 1. The summed E-state index contributed by atoms with van der Waals surface area (Å²) in [5.74, 6) is -0.577. The first-order valence-corrected chi connectivity index (χ1v) is 6.30. The Morgan fingerprint density at radius 2 is 2.42 bits per heavy atom. The van der Waals surface area contributed by atoms with Crippen LogP contribution in [0.3, 0.4) is 0 Å². The molecule has 1 saturated heterocycles. The van der Waals surface area contributed by atoms with Crippen molar-refractivity contribution in [2.45, 2.75) is 18.9 Å². The lowest BCUT2D eigenvalue weighted by atomic mass is 10.1. The van der Waals surface area contributed by atoms with Crippen LogP contribution in [0.1, 0.15) is 23.3 Å². The Balaban J connectivity index is 1.97. The van der Waals surface area contributed by atoms with Gasteiger partial charge in [-0.25, -0.2) is 9.78 Å². The number of anilines is 1. The van der Waals surface area contributed by atoms with Crippen molar-refractivity contribution >= 4 is 17.4 Å². The second kappa shape index (κ2) is 4.89. The van der Waals surface area contributed by atoms with Crippen LogP contribution in [0.25, 0.3) is 5.65 Å². The highest BCUT2D eigenvalue weighted by Gasteiger charge is 2.22. The molecule has 1 aliphatic heterocycles. The van der Waals surface area contributed by atoms with Crippen LogP contribution in [0.5, 0.6) is 0 Å². The molecule has 2 aromatic rings. The third-order valence-electron chi connectivity index (χ3n) is 3.23. The average Bonchev–Trinajstić information content (AvgIpc) is 2.77. The van der Waals surface area contributed by atoms with Crippen LogP contribution in [-0.4, -0.2) is 39.7 Å². The van der Waals surface area contributed by atoms with Gasteiger partial charge >= 0.3 is 5.97 Å². The van der Waals surface area contributed by atoms with Gasteiger partial charge in [-0.3, -0.25) is 4.40 Å². The largest absolute Gasteiger partial charge is 0.476 e. The number of carboxylic acids is 1. The van der Waals surface area contributed by atoms with Gasteiger partial charge in [0.05, 0.1) is 12.6 Å². The molecule has 0 radical (unpaired) electrons. The average molecular weight is 261 g/mol. The molecule has 1 unspecified atom stereocenters. The first-order chi connectivity index (χ1) is 9.25. The number of ether oxygens (including phenoxy) is 1. The third-order valence-corrected chi connectivity index (χ3v) is 3.23. The number of carboxylic acid groups (broad SMARTS) is 1. The summed E-state index contributed by atoms with van der Waals surface area (Å²) >= 11 is 0. The van der Waals surface area contributed by atoms with Crippen molar-refractivity contribution in [2.24, 2.45) is 0 Å². The number of hydrogen-bond acceptors (Lipinski definition) is 4. The van der Waals surface area contributed by atoms with Crippen molar-refractivity contribution in [3.8, 4) is 0 Å². The lowest BCUT2D eigenvalue weighted by Crippen LogP contribution is -2.30. The number of nitrogens with one attached hydrogen (secondary N) is 1. The van der Waals surface area contributed by atoms with Gasteiger partial charge in [0.25, 0.3) is 0 Å². The fourth-order valence-corrected chi connectivity index (χ4v) is 2.35. The van der Waals surface area contributed by atoms with Crippen LogP contribution in [0.15, 0.2) is 24.4 Å². The number of hydrogen-bond donors (Lipinski definition) is 2. The Kier molecular flexibility index (Phi) is 3.08. The first-order valence-electron chi connectivity index (χ1n) is 6.30. The molecule has 0 spiro atoms. The Hall–Kier alpha value is -2.08. The summed E-state index contributed by atoms with van der Waals surface area (Å²) in [5, 5.41) is 12.5. The number of nitrogens with zero attached hydrogens (tertiary/aromatic N) is 2. The molecule has 6 nitrogen and oxygen atoms in total. The fourth-order valence-electron chi connectivity index (χ4n) is 2.35. The highest BCUT2D eigenvalue weighted by molar-refractivity contribution is 5.93. The maximum atomic E-state index is 11.4. The van der Waals surface area contributed by atoms with E-state index in [0.29, 0.717) is 18.1 Å². The fraction of sp³-hybridized carbons (Fsp3) is 0.385. The molecule has 6 heteroatoms.